The normalized spacial score (nSPS) is 27.9. The van der Waals surface area contributed by atoms with Gasteiger partial charge in [-0.05, 0) is 57.6 Å². The van der Waals surface area contributed by atoms with Gasteiger partial charge in [0, 0.05) is 25.2 Å². The molecule has 2 heterocycles. The van der Waals surface area contributed by atoms with Crippen molar-refractivity contribution >= 4 is 23.8 Å². The van der Waals surface area contributed by atoms with E-state index in [1.807, 2.05) is 24.3 Å². The Hall–Kier alpha value is -2.61. The highest BCUT2D eigenvalue weighted by molar-refractivity contribution is 6.21. The number of likely N-dealkylation sites (tertiary alicyclic amines) is 1. The molecule has 3 amide bonds. The zero-order valence-electron chi connectivity index (χ0n) is 18.3. The SMILES string of the molecule is CCOC(=O)N[C@H]1CCN(C2CCC3(CC2)C(=O)N(C(=O)OCC)c2ccccc23)C1. The van der Waals surface area contributed by atoms with Gasteiger partial charge >= 0.3 is 12.2 Å². The molecule has 4 rings (SSSR count). The molecule has 1 saturated carbocycles. The molecular formula is C23H31N3O5. The van der Waals surface area contributed by atoms with Crippen molar-refractivity contribution in [2.45, 2.75) is 63.5 Å². The second-order valence-electron chi connectivity index (χ2n) is 8.52. The van der Waals surface area contributed by atoms with Crippen molar-refractivity contribution < 1.29 is 23.9 Å². The Bertz CT molecular complexity index is 849. The lowest BCUT2D eigenvalue weighted by Gasteiger charge is -2.39. The van der Waals surface area contributed by atoms with Crippen LogP contribution in [-0.2, 0) is 19.7 Å². The number of alkyl carbamates (subject to hydrolysis) is 1. The van der Waals surface area contributed by atoms with E-state index in [0.717, 1.165) is 37.9 Å². The number of amides is 3. The molecule has 8 nitrogen and oxygen atoms in total. The summed E-state index contributed by atoms with van der Waals surface area (Å²) < 4.78 is 10.2. The predicted octanol–water partition coefficient (Wildman–Crippen LogP) is 3.19. The van der Waals surface area contributed by atoms with Gasteiger partial charge in [0.25, 0.3) is 0 Å². The number of carbonyl (C=O) groups is 3. The average Bonchev–Trinajstić information content (AvgIpc) is 3.31. The molecule has 3 aliphatic rings. The summed E-state index contributed by atoms with van der Waals surface area (Å²) in [6.45, 7) is 5.86. The van der Waals surface area contributed by atoms with Crippen LogP contribution in [0.1, 0.15) is 51.5 Å². The fraction of sp³-hybridized carbons (Fsp3) is 0.609. The van der Waals surface area contributed by atoms with Gasteiger partial charge < -0.3 is 14.8 Å². The molecule has 1 spiro atoms. The van der Waals surface area contributed by atoms with Crippen LogP contribution in [0.4, 0.5) is 15.3 Å². The number of anilines is 1. The minimum atomic E-state index is -0.651. The predicted molar refractivity (Wildman–Crippen MR) is 115 cm³/mol. The molecule has 0 aromatic heterocycles. The number of benzene rings is 1. The lowest BCUT2D eigenvalue weighted by atomic mass is 9.68. The fourth-order valence-corrected chi connectivity index (χ4v) is 5.40. The van der Waals surface area contributed by atoms with Gasteiger partial charge in [0.05, 0.1) is 24.3 Å². The number of nitrogens with zero attached hydrogens (tertiary/aromatic N) is 2. The number of ether oxygens (including phenoxy) is 2. The summed E-state index contributed by atoms with van der Waals surface area (Å²) in [6.07, 6.45) is 3.12. The van der Waals surface area contributed by atoms with Gasteiger partial charge in [-0.15, -0.1) is 0 Å². The monoisotopic (exact) mass is 429 g/mol. The van der Waals surface area contributed by atoms with Gasteiger partial charge in [0.15, 0.2) is 0 Å². The third-order valence-corrected chi connectivity index (χ3v) is 6.87. The largest absolute Gasteiger partial charge is 0.450 e. The summed E-state index contributed by atoms with van der Waals surface area (Å²) in [4.78, 5) is 41.3. The van der Waals surface area contributed by atoms with Crippen molar-refractivity contribution in [1.29, 1.82) is 0 Å². The number of hydrogen-bond acceptors (Lipinski definition) is 6. The third-order valence-electron chi connectivity index (χ3n) is 6.87. The van der Waals surface area contributed by atoms with Crippen LogP contribution in [-0.4, -0.2) is 61.4 Å². The van der Waals surface area contributed by atoms with Crippen LogP contribution in [0.2, 0.25) is 0 Å². The maximum absolute atomic E-state index is 13.5. The molecule has 0 unspecified atom stereocenters. The molecule has 1 aromatic carbocycles. The van der Waals surface area contributed by atoms with Crippen LogP contribution < -0.4 is 10.2 Å². The number of rotatable bonds is 4. The topological polar surface area (TPSA) is 88.2 Å². The van der Waals surface area contributed by atoms with E-state index < -0.39 is 11.5 Å². The first-order valence-corrected chi connectivity index (χ1v) is 11.3. The van der Waals surface area contributed by atoms with Crippen LogP contribution in [0.3, 0.4) is 0 Å². The summed E-state index contributed by atoms with van der Waals surface area (Å²) in [5.41, 5.74) is 0.946. The van der Waals surface area contributed by atoms with Gasteiger partial charge in [-0.2, -0.15) is 0 Å². The molecule has 31 heavy (non-hydrogen) atoms. The Kier molecular flexibility index (Phi) is 6.18. The van der Waals surface area contributed by atoms with E-state index in [9.17, 15) is 14.4 Å². The summed E-state index contributed by atoms with van der Waals surface area (Å²) in [7, 11) is 0. The van der Waals surface area contributed by atoms with Crippen LogP contribution in [0, 0.1) is 0 Å². The summed E-state index contributed by atoms with van der Waals surface area (Å²) >= 11 is 0. The van der Waals surface area contributed by atoms with Crippen molar-refractivity contribution in [3.63, 3.8) is 0 Å². The van der Waals surface area contributed by atoms with E-state index in [1.54, 1.807) is 13.8 Å². The second kappa shape index (κ2) is 8.86. The lowest BCUT2D eigenvalue weighted by Crippen LogP contribution is -2.48. The Labute approximate surface area is 182 Å². The Morgan fingerprint density at radius 2 is 1.81 bits per heavy atom. The molecule has 8 heteroatoms. The van der Waals surface area contributed by atoms with Gasteiger partial charge in [-0.25, -0.2) is 14.5 Å². The maximum Gasteiger partial charge on any atom is 0.421 e. The molecule has 2 fully saturated rings. The van der Waals surface area contributed by atoms with Gasteiger partial charge in [0.1, 0.15) is 0 Å². The molecule has 1 N–H and O–H groups in total. The van der Waals surface area contributed by atoms with E-state index in [-0.39, 0.29) is 24.6 Å². The summed E-state index contributed by atoms with van der Waals surface area (Å²) in [5, 5.41) is 2.93. The number of para-hydroxylation sites is 1. The van der Waals surface area contributed by atoms with E-state index in [0.29, 0.717) is 31.2 Å². The van der Waals surface area contributed by atoms with Gasteiger partial charge in [-0.3, -0.25) is 9.69 Å². The van der Waals surface area contributed by atoms with Crippen LogP contribution in [0.15, 0.2) is 24.3 Å². The maximum atomic E-state index is 13.5. The Balaban J connectivity index is 1.44. The molecule has 1 atom stereocenters. The smallest absolute Gasteiger partial charge is 0.421 e. The van der Waals surface area contributed by atoms with Gasteiger partial charge in [-0.1, -0.05) is 18.2 Å². The van der Waals surface area contributed by atoms with E-state index in [1.165, 1.54) is 4.90 Å². The van der Waals surface area contributed by atoms with E-state index in [2.05, 4.69) is 10.2 Å². The van der Waals surface area contributed by atoms with Gasteiger partial charge in [0.2, 0.25) is 5.91 Å². The quantitative estimate of drug-likeness (QED) is 0.791. The van der Waals surface area contributed by atoms with E-state index in [4.69, 9.17) is 9.47 Å². The van der Waals surface area contributed by atoms with Crippen LogP contribution >= 0.6 is 0 Å². The van der Waals surface area contributed by atoms with Crippen molar-refractivity contribution in [2.24, 2.45) is 0 Å². The minimum absolute atomic E-state index is 0.100. The first-order chi connectivity index (χ1) is 15.0. The first-order valence-electron chi connectivity index (χ1n) is 11.3. The van der Waals surface area contributed by atoms with Crippen molar-refractivity contribution in [1.82, 2.24) is 10.2 Å². The zero-order chi connectivity index (χ0) is 22.0. The molecule has 2 aliphatic heterocycles. The first kappa shape index (κ1) is 21.6. The van der Waals surface area contributed by atoms with E-state index >= 15 is 0 Å². The Morgan fingerprint density at radius 1 is 1.10 bits per heavy atom. The number of hydrogen-bond donors (Lipinski definition) is 1. The standard InChI is InChI=1S/C23H31N3O5/c1-3-30-21(28)24-16-11-14-25(15-16)17-9-12-23(13-10-17)18-7-5-6-8-19(18)26(20(23)27)22(29)31-4-2/h5-8,16-17H,3-4,9-15H2,1-2H3,(H,24,28)/t16-,17?,23?/m0/s1. The second-order valence-corrected chi connectivity index (χ2v) is 8.52. The third kappa shape index (κ3) is 3.89. The van der Waals surface area contributed by atoms with Crippen molar-refractivity contribution in [3.05, 3.63) is 29.8 Å². The number of nitrogens with one attached hydrogen (secondary N) is 1. The molecule has 168 valence electrons. The molecule has 1 aliphatic carbocycles. The van der Waals surface area contributed by atoms with Crippen LogP contribution in [0.25, 0.3) is 0 Å². The molecular weight excluding hydrogens is 398 g/mol. The molecule has 0 bridgehead atoms. The number of carbonyl (C=O) groups excluding carboxylic acids is 3. The minimum Gasteiger partial charge on any atom is -0.450 e. The lowest BCUT2D eigenvalue weighted by molar-refractivity contribution is -0.124. The van der Waals surface area contributed by atoms with Crippen LogP contribution in [0.5, 0.6) is 0 Å². The highest BCUT2D eigenvalue weighted by Gasteiger charge is 2.54. The number of imide groups is 1. The zero-order valence-corrected chi connectivity index (χ0v) is 18.3. The highest BCUT2D eigenvalue weighted by atomic mass is 16.6. The fourth-order valence-electron chi connectivity index (χ4n) is 5.40. The van der Waals surface area contributed by atoms with Crippen molar-refractivity contribution in [3.8, 4) is 0 Å². The molecule has 0 radical (unpaired) electrons. The highest BCUT2D eigenvalue weighted by Crippen LogP contribution is 2.51. The summed E-state index contributed by atoms with van der Waals surface area (Å²) in [5.74, 6) is -0.158. The summed E-state index contributed by atoms with van der Waals surface area (Å²) in [6, 6.07) is 8.06. The Morgan fingerprint density at radius 3 is 2.52 bits per heavy atom. The average molecular weight is 430 g/mol. The molecule has 1 saturated heterocycles. The van der Waals surface area contributed by atoms with Crippen molar-refractivity contribution in [2.75, 3.05) is 31.2 Å². The number of fused-ring (bicyclic) bond motifs is 2. The molecule has 1 aromatic rings.